The first kappa shape index (κ1) is 18.3. The molecule has 6 heteroatoms. The van der Waals surface area contributed by atoms with E-state index in [1.807, 2.05) is 24.3 Å². The van der Waals surface area contributed by atoms with E-state index in [2.05, 4.69) is 22.1 Å². The molecule has 1 atom stereocenters. The zero-order valence-electron chi connectivity index (χ0n) is 13.3. The average molecular weight is 356 g/mol. The minimum atomic E-state index is 0. The Morgan fingerprint density at radius 3 is 3.00 bits per heavy atom. The van der Waals surface area contributed by atoms with E-state index < -0.39 is 0 Å². The van der Waals surface area contributed by atoms with Gasteiger partial charge >= 0.3 is 0 Å². The Morgan fingerprint density at radius 1 is 1.43 bits per heavy atom. The van der Waals surface area contributed by atoms with Gasteiger partial charge in [0.05, 0.1) is 5.69 Å². The lowest BCUT2D eigenvalue weighted by atomic mass is 10.2. The summed E-state index contributed by atoms with van der Waals surface area (Å²) >= 11 is 6.03. The number of hydrogen-bond donors (Lipinski definition) is 1. The maximum Gasteiger partial charge on any atom is 0.226 e. The molecule has 3 rings (SSSR count). The molecule has 1 aliphatic heterocycles. The van der Waals surface area contributed by atoms with Gasteiger partial charge in [-0.25, -0.2) is 4.98 Å². The minimum Gasteiger partial charge on any atom is -0.444 e. The van der Waals surface area contributed by atoms with Crippen LogP contribution in [0.4, 0.5) is 0 Å². The van der Waals surface area contributed by atoms with Crippen LogP contribution < -0.4 is 5.32 Å². The van der Waals surface area contributed by atoms with Gasteiger partial charge in [0.1, 0.15) is 6.26 Å². The van der Waals surface area contributed by atoms with E-state index in [1.54, 1.807) is 6.26 Å². The van der Waals surface area contributed by atoms with Crippen molar-refractivity contribution >= 4 is 24.0 Å². The molecular formula is C17H23Cl2N3O. The molecule has 4 nitrogen and oxygen atoms in total. The fourth-order valence-corrected chi connectivity index (χ4v) is 3.16. The molecule has 23 heavy (non-hydrogen) atoms. The summed E-state index contributed by atoms with van der Waals surface area (Å²) in [5, 5.41) is 4.13. The lowest BCUT2D eigenvalue weighted by Crippen LogP contribution is -2.37. The summed E-state index contributed by atoms with van der Waals surface area (Å²) in [5.74, 6) is 0.637. The Kier molecular flexibility index (Phi) is 6.90. The maximum atomic E-state index is 6.03. The normalized spacial score (nSPS) is 17.4. The van der Waals surface area contributed by atoms with Gasteiger partial charge < -0.3 is 9.73 Å². The second-order valence-corrected chi connectivity index (χ2v) is 6.21. The SMILES string of the molecule is CCCN(Cc1coc(-c2cccc(Cl)c2)n1)C1CCNC1.Cl. The number of nitrogens with zero attached hydrogens (tertiary/aromatic N) is 2. The Morgan fingerprint density at radius 2 is 2.30 bits per heavy atom. The fraction of sp³-hybridized carbons (Fsp3) is 0.471. The largest absolute Gasteiger partial charge is 0.444 e. The third-order valence-corrected chi connectivity index (χ3v) is 4.29. The Hall–Kier alpha value is -1.07. The van der Waals surface area contributed by atoms with Crippen molar-refractivity contribution in [1.29, 1.82) is 0 Å². The topological polar surface area (TPSA) is 41.3 Å². The Bertz CT molecular complexity index is 611. The lowest BCUT2D eigenvalue weighted by Gasteiger charge is -2.26. The third kappa shape index (κ3) is 4.70. The zero-order valence-corrected chi connectivity index (χ0v) is 14.9. The molecule has 0 radical (unpaired) electrons. The highest BCUT2D eigenvalue weighted by atomic mass is 35.5. The molecule has 2 heterocycles. The van der Waals surface area contributed by atoms with E-state index in [9.17, 15) is 0 Å². The quantitative estimate of drug-likeness (QED) is 0.850. The smallest absolute Gasteiger partial charge is 0.226 e. The molecule has 0 amide bonds. The summed E-state index contributed by atoms with van der Waals surface area (Å²) < 4.78 is 5.64. The number of nitrogens with one attached hydrogen (secondary N) is 1. The van der Waals surface area contributed by atoms with Crippen molar-refractivity contribution < 1.29 is 4.42 Å². The van der Waals surface area contributed by atoms with Gasteiger partial charge in [0.25, 0.3) is 0 Å². The molecule has 1 fully saturated rings. The van der Waals surface area contributed by atoms with Gasteiger partial charge in [-0.15, -0.1) is 12.4 Å². The molecule has 0 saturated carbocycles. The number of halogens is 2. The van der Waals surface area contributed by atoms with Crippen LogP contribution in [0.15, 0.2) is 34.9 Å². The standard InChI is InChI=1S/C17H22ClN3O.ClH/c1-2-8-21(16-6-7-19-10-16)11-15-12-22-17(20-15)13-4-3-5-14(18)9-13;/h3-5,9,12,16,19H,2,6-8,10-11H2,1H3;1H. The molecule has 0 bridgehead atoms. The van der Waals surface area contributed by atoms with Gasteiger partial charge in [0, 0.05) is 29.7 Å². The number of hydrogen-bond acceptors (Lipinski definition) is 4. The van der Waals surface area contributed by atoms with E-state index >= 15 is 0 Å². The molecule has 0 aliphatic carbocycles. The van der Waals surface area contributed by atoms with Gasteiger partial charge in [-0.1, -0.05) is 24.6 Å². The predicted molar refractivity (Wildman–Crippen MR) is 96.2 cm³/mol. The van der Waals surface area contributed by atoms with Crippen LogP contribution in [-0.4, -0.2) is 35.6 Å². The highest BCUT2D eigenvalue weighted by molar-refractivity contribution is 6.30. The molecule has 1 aromatic carbocycles. The van der Waals surface area contributed by atoms with Crippen molar-refractivity contribution in [3.63, 3.8) is 0 Å². The van der Waals surface area contributed by atoms with Crippen molar-refractivity contribution in [2.75, 3.05) is 19.6 Å². The first-order valence-corrected chi connectivity index (χ1v) is 8.29. The van der Waals surface area contributed by atoms with Crippen LogP contribution in [0.2, 0.25) is 5.02 Å². The van der Waals surface area contributed by atoms with E-state index in [4.69, 9.17) is 16.0 Å². The molecule has 0 spiro atoms. The first-order valence-electron chi connectivity index (χ1n) is 7.91. The lowest BCUT2D eigenvalue weighted by molar-refractivity contribution is 0.197. The van der Waals surface area contributed by atoms with E-state index in [1.165, 1.54) is 6.42 Å². The van der Waals surface area contributed by atoms with Crippen molar-refractivity contribution in [1.82, 2.24) is 15.2 Å². The third-order valence-electron chi connectivity index (χ3n) is 4.05. The highest BCUT2D eigenvalue weighted by Gasteiger charge is 2.22. The van der Waals surface area contributed by atoms with Crippen molar-refractivity contribution in [3.05, 3.63) is 41.2 Å². The second kappa shape index (κ2) is 8.69. The predicted octanol–water partition coefficient (Wildman–Crippen LogP) is 3.99. The van der Waals surface area contributed by atoms with Crippen LogP contribution in [0.5, 0.6) is 0 Å². The number of aromatic nitrogens is 1. The van der Waals surface area contributed by atoms with E-state index in [0.717, 1.165) is 43.9 Å². The first-order chi connectivity index (χ1) is 10.8. The average Bonchev–Trinajstić information content (AvgIpc) is 3.18. The molecule has 126 valence electrons. The minimum absolute atomic E-state index is 0. The summed E-state index contributed by atoms with van der Waals surface area (Å²) in [7, 11) is 0. The van der Waals surface area contributed by atoms with Gasteiger partial charge in [0.2, 0.25) is 5.89 Å². The maximum absolute atomic E-state index is 6.03. The molecule has 2 aromatic rings. The van der Waals surface area contributed by atoms with Crippen LogP contribution >= 0.6 is 24.0 Å². The summed E-state index contributed by atoms with van der Waals surface area (Å²) in [4.78, 5) is 7.13. The summed E-state index contributed by atoms with van der Waals surface area (Å²) in [5.41, 5.74) is 1.90. The van der Waals surface area contributed by atoms with Gasteiger partial charge in [-0.3, -0.25) is 4.90 Å². The molecule has 1 aromatic heterocycles. The number of rotatable bonds is 6. The Labute approximate surface area is 148 Å². The van der Waals surface area contributed by atoms with Crippen LogP contribution in [-0.2, 0) is 6.54 Å². The molecule has 1 unspecified atom stereocenters. The fourth-order valence-electron chi connectivity index (χ4n) is 2.97. The second-order valence-electron chi connectivity index (χ2n) is 5.77. The summed E-state index contributed by atoms with van der Waals surface area (Å²) in [6.07, 6.45) is 4.12. The monoisotopic (exact) mass is 355 g/mol. The van der Waals surface area contributed by atoms with Crippen LogP contribution in [0, 0.1) is 0 Å². The zero-order chi connectivity index (χ0) is 15.4. The van der Waals surface area contributed by atoms with Crippen LogP contribution in [0.1, 0.15) is 25.5 Å². The van der Waals surface area contributed by atoms with Crippen molar-refractivity contribution in [2.45, 2.75) is 32.4 Å². The van der Waals surface area contributed by atoms with Crippen molar-refractivity contribution in [2.24, 2.45) is 0 Å². The number of oxazole rings is 1. The number of benzene rings is 1. The molecule has 1 aliphatic rings. The summed E-state index contributed by atoms with van der Waals surface area (Å²) in [6, 6.07) is 8.21. The highest BCUT2D eigenvalue weighted by Crippen LogP contribution is 2.23. The van der Waals surface area contributed by atoms with Crippen LogP contribution in [0.3, 0.4) is 0 Å². The molecular weight excluding hydrogens is 333 g/mol. The van der Waals surface area contributed by atoms with E-state index in [0.29, 0.717) is 17.0 Å². The van der Waals surface area contributed by atoms with Gasteiger partial charge in [-0.05, 0) is 44.1 Å². The Balaban J connectivity index is 0.00000192. The summed E-state index contributed by atoms with van der Waals surface area (Å²) in [6.45, 7) is 6.32. The molecule has 1 N–H and O–H groups in total. The molecule has 1 saturated heterocycles. The van der Waals surface area contributed by atoms with Gasteiger partial charge in [-0.2, -0.15) is 0 Å². The van der Waals surface area contributed by atoms with Crippen LogP contribution in [0.25, 0.3) is 11.5 Å². The van der Waals surface area contributed by atoms with Gasteiger partial charge in [0.15, 0.2) is 0 Å². The van der Waals surface area contributed by atoms with Crippen molar-refractivity contribution in [3.8, 4) is 11.5 Å². The van der Waals surface area contributed by atoms with E-state index in [-0.39, 0.29) is 12.4 Å².